The Morgan fingerprint density at radius 1 is 1.28 bits per heavy atom. The van der Waals surface area contributed by atoms with Crippen LogP contribution in [0.2, 0.25) is 0 Å². The number of rotatable bonds is 6. The average Bonchev–Trinajstić information content (AvgIpc) is 3.00. The molecule has 3 rings (SSSR count). The molecule has 6 heteroatoms. The second-order valence-electron chi connectivity index (χ2n) is 6.64. The average molecular weight is 340 g/mol. The van der Waals surface area contributed by atoms with Crippen molar-refractivity contribution in [2.75, 3.05) is 5.32 Å². The van der Waals surface area contributed by atoms with Crippen molar-refractivity contribution in [1.82, 2.24) is 15.5 Å². The molecule has 132 valence electrons. The number of H-pyrrole nitrogens is 1. The molecule has 0 spiro atoms. The summed E-state index contributed by atoms with van der Waals surface area (Å²) in [4.78, 5) is 23.6. The van der Waals surface area contributed by atoms with E-state index in [1.54, 1.807) is 0 Å². The van der Waals surface area contributed by atoms with Gasteiger partial charge in [0.25, 0.3) is 0 Å². The Hall–Kier alpha value is -2.63. The molecule has 6 nitrogen and oxygen atoms in total. The Kier molecular flexibility index (Phi) is 5.16. The molecule has 1 heterocycles. The lowest BCUT2D eigenvalue weighted by Crippen LogP contribution is -2.42. The number of nitrogens with one attached hydrogen (secondary N) is 3. The van der Waals surface area contributed by atoms with Crippen molar-refractivity contribution in [3.63, 3.8) is 0 Å². The van der Waals surface area contributed by atoms with Crippen LogP contribution >= 0.6 is 0 Å². The molecule has 1 aliphatic carbocycles. The lowest BCUT2D eigenvalue weighted by molar-refractivity contribution is -0.120. The van der Waals surface area contributed by atoms with E-state index in [1.807, 2.05) is 43.3 Å². The van der Waals surface area contributed by atoms with Gasteiger partial charge in [0.05, 0.1) is 5.92 Å². The SMILES string of the molecule is CCC(C(=O)Nc1cc(C2CC(NC(C)=O)C2)[nH]n1)c1ccccc1. The van der Waals surface area contributed by atoms with Crippen LogP contribution in [-0.2, 0) is 9.59 Å². The number of anilines is 1. The van der Waals surface area contributed by atoms with Crippen LogP contribution < -0.4 is 10.6 Å². The fraction of sp³-hybridized carbons (Fsp3) is 0.421. The molecule has 1 aromatic heterocycles. The van der Waals surface area contributed by atoms with Gasteiger partial charge >= 0.3 is 0 Å². The highest BCUT2D eigenvalue weighted by Crippen LogP contribution is 2.36. The molecule has 25 heavy (non-hydrogen) atoms. The molecular weight excluding hydrogens is 316 g/mol. The second-order valence-corrected chi connectivity index (χ2v) is 6.64. The monoisotopic (exact) mass is 340 g/mol. The smallest absolute Gasteiger partial charge is 0.233 e. The third kappa shape index (κ3) is 4.07. The summed E-state index contributed by atoms with van der Waals surface area (Å²) in [6.45, 7) is 3.54. The predicted octanol–water partition coefficient (Wildman–Crippen LogP) is 2.92. The van der Waals surface area contributed by atoms with Gasteiger partial charge in [0.15, 0.2) is 5.82 Å². The van der Waals surface area contributed by atoms with Crippen LogP contribution in [0.1, 0.15) is 56.2 Å². The molecule has 1 aliphatic rings. The van der Waals surface area contributed by atoms with Crippen LogP contribution in [0.15, 0.2) is 36.4 Å². The van der Waals surface area contributed by atoms with Crippen LogP contribution in [0.25, 0.3) is 0 Å². The minimum atomic E-state index is -0.186. The molecule has 2 amide bonds. The normalized spacial score (nSPS) is 20.4. The van der Waals surface area contributed by atoms with E-state index in [1.165, 1.54) is 6.92 Å². The van der Waals surface area contributed by atoms with Crippen LogP contribution in [0.3, 0.4) is 0 Å². The van der Waals surface area contributed by atoms with Crippen LogP contribution in [0.4, 0.5) is 5.82 Å². The predicted molar refractivity (Wildman–Crippen MR) is 96.3 cm³/mol. The standard InChI is InChI=1S/C19H24N4O2/c1-3-16(13-7-5-4-6-8-13)19(25)21-18-11-17(22-23-18)14-9-15(10-14)20-12(2)24/h4-8,11,14-16H,3,9-10H2,1-2H3,(H,20,24)(H2,21,22,23,25). The van der Waals surface area contributed by atoms with Crippen molar-refractivity contribution >= 4 is 17.6 Å². The van der Waals surface area contributed by atoms with Gasteiger partial charge in [-0.05, 0) is 24.8 Å². The molecule has 0 bridgehead atoms. The molecule has 2 aromatic rings. The first-order chi connectivity index (χ1) is 12.1. The summed E-state index contributed by atoms with van der Waals surface area (Å²) < 4.78 is 0. The summed E-state index contributed by atoms with van der Waals surface area (Å²) in [5, 5.41) is 13.0. The molecule has 1 unspecified atom stereocenters. The van der Waals surface area contributed by atoms with Gasteiger partial charge in [-0.3, -0.25) is 14.7 Å². The van der Waals surface area contributed by atoms with Gasteiger partial charge < -0.3 is 10.6 Å². The third-order valence-electron chi connectivity index (χ3n) is 4.76. The summed E-state index contributed by atoms with van der Waals surface area (Å²) in [6.07, 6.45) is 2.53. The van der Waals surface area contributed by atoms with Gasteiger partial charge in [-0.2, -0.15) is 5.10 Å². The van der Waals surface area contributed by atoms with Crippen molar-refractivity contribution in [3.05, 3.63) is 47.7 Å². The van der Waals surface area contributed by atoms with Crippen molar-refractivity contribution in [3.8, 4) is 0 Å². The van der Waals surface area contributed by atoms with E-state index in [4.69, 9.17) is 0 Å². The highest BCUT2D eigenvalue weighted by Gasteiger charge is 2.32. The lowest BCUT2D eigenvalue weighted by atomic mass is 9.78. The Balaban J connectivity index is 1.58. The fourth-order valence-electron chi connectivity index (χ4n) is 3.36. The van der Waals surface area contributed by atoms with E-state index in [-0.39, 0.29) is 23.8 Å². The maximum Gasteiger partial charge on any atom is 0.233 e. The number of aromatic nitrogens is 2. The molecule has 0 aliphatic heterocycles. The maximum atomic E-state index is 12.6. The van der Waals surface area contributed by atoms with E-state index >= 15 is 0 Å². The first kappa shape index (κ1) is 17.2. The second kappa shape index (κ2) is 7.51. The Labute approximate surface area is 147 Å². The lowest BCUT2D eigenvalue weighted by Gasteiger charge is -2.34. The van der Waals surface area contributed by atoms with Gasteiger partial charge in [0, 0.05) is 30.6 Å². The van der Waals surface area contributed by atoms with Crippen molar-refractivity contribution < 1.29 is 9.59 Å². The zero-order valence-electron chi connectivity index (χ0n) is 14.6. The first-order valence-electron chi connectivity index (χ1n) is 8.75. The van der Waals surface area contributed by atoms with E-state index in [2.05, 4.69) is 20.8 Å². The summed E-state index contributed by atoms with van der Waals surface area (Å²) >= 11 is 0. The van der Waals surface area contributed by atoms with Gasteiger partial charge in [-0.1, -0.05) is 37.3 Å². The number of carbonyl (C=O) groups is 2. The fourth-order valence-corrected chi connectivity index (χ4v) is 3.36. The van der Waals surface area contributed by atoms with Gasteiger partial charge in [0.2, 0.25) is 11.8 Å². The maximum absolute atomic E-state index is 12.6. The Morgan fingerprint density at radius 3 is 2.64 bits per heavy atom. The molecule has 0 radical (unpaired) electrons. The number of carbonyl (C=O) groups excluding carboxylic acids is 2. The molecular formula is C19H24N4O2. The van der Waals surface area contributed by atoms with E-state index in [0.717, 1.165) is 30.5 Å². The summed E-state index contributed by atoms with van der Waals surface area (Å²) in [5.41, 5.74) is 2.01. The number of hydrogen-bond acceptors (Lipinski definition) is 3. The number of amides is 2. The van der Waals surface area contributed by atoms with Gasteiger partial charge in [0.1, 0.15) is 0 Å². The van der Waals surface area contributed by atoms with E-state index < -0.39 is 0 Å². The summed E-state index contributed by atoms with van der Waals surface area (Å²) in [5.74, 6) is 0.682. The quantitative estimate of drug-likeness (QED) is 0.755. The van der Waals surface area contributed by atoms with Gasteiger partial charge in [-0.15, -0.1) is 0 Å². The number of benzene rings is 1. The molecule has 3 N–H and O–H groups in total. The molecule has 1 fully saturated rings. The summed E-state index contributed by atoms with van der Waals surface area (Å²) in [6, 6.07) is 11.9. The molecule has 1 aromatic carbocycles. The van der Waals surface area contributed by atoms with Crippen LogP contribution in [-0.4, -0.2) is 28.1 Å². The third-order valence-corrected chi connectivity index (χ3v) is 4.76. The zero-order valence-corrected chi connectivity index (χ0v) is 14.6. The molecule has 1 saturated carbocycles. The van der Waals surface area contributed by atoms with E-state index in [9.17, 15) is 9.59 Å². The molecule has 0 saturated heterocycles. The number of hydrogen-bond donors (Lipinski definition) is 3. The highest BCUT2D eigenvalue weighted by atomic mass is 16.2. The summed E-state index contributed by atoms with van der Waals surface area (Å²) in [7, 11) is 0. The van der Waals surface area contributed by atoms with E-state index in [0.29, 0.717) is 11.7 Å². The zero-order chi connectivity index (χ0) is 17.8. The number of aromatic amines is 1. The van der Waals surface area contributed by atoms with Crippen molar-refractivity contribution in [2.45, 2.75) is 51.0 Å². The Morgan fingerprint density at radius 2 is 2.00 bits per heavy atom. The minimum Gasteiger partial charge on any atom is -0.354 e. The highest BCUT2D eigenvalue weighted by molar-refractivity contribution is 5.95. The minimum absolute atomic E-state index is 0.00697. The largest absolute Gasteiger partial charge is 0.354 e. The Bertz CT molecular complexity index is 735. The van der Waals surface area contributed by atoms with Crippen molar-refractivity contribution in [2.24, 2.45) is 0 Å². The van der Waals surface area contributed by atoms with Gasteiger partial charge in [-0.25, -0.2) is 0 Å². The van der Waals surface area contributed by atoms with Crippen molar-refractivity contribution in [1.29, 1.82) is 0 Å². The van der Waals surface area contributed by atoms with Crippen LogP contribution in [0.5, 0.6) is 0 Å². The number of nitrogens with zero attached hydrogens (tertiary/aromatic N) is 1. The van der Waals surface area contributed by atoms with Crippen LogP contribution in [0, 0.1) is 0 Å². The molecule has 1 atom stereocenters. The first-order valence-corrected chi connectivity index (χ1v) is 8.75. The topological polar surface area (TPSA) is 86.9 Å².